The van der Waals surface area contributed by atoms with Gasteiger partial charge in [-0.3, -0.25) is 9.59 Å². The van der Waals surface area contributed by atoms with E-state index in [2.05, 4.69) is 4.57 Å². The molecule has 260 valence electrons. The van der Waals surface area contributed by atoms with Crippen LogP contribution < -0.4 is 0 Å². The van der Waals surface area contributed by atoms with Gasteiger partial charge in [0.05, 0.1) is 18.4 Å². The van der Waals surface area contributed by atoms with Crippen molar-refractivity contribution < 1.29 is 40.2 Å². The van der Waals surface area contributed by atoms with Gasteiger partial charge < -0.3 is 39.8 Å². The molecule has 0 atom stereocenters. The number of hydrogen-bond acceptors (Lipinski definition) is 6. The predicted molar refractivity (Wildman–Crippen MR) is 192 cm³/mol. The van der Waals surface area contributed by atoms with Gasteiger partial charge in [0.25, 0.3) is 0 Å². The van der Waals surface area contributed by atoms with E-state index in [1.165, 1.54) is 0 Å². The summed E-state index contributed by atoms with van der Waals surface area (Å²) < 4.78 is 4.11. The van der Waals surface area contributed by atoms with E-state index in [0.29, 0.717) is 24.0 Å². The molecule has 6 aromatic rings. The number of benzene rings is 4. The minimum atomic E-state index is -0.929. The first kappa shape index (κ1) is 35.4. The monoisotopic (exact) mass is 678 g/mol. The summed E-state index contributed by atoms with van der Waals surface area (Å²) in [6, 6.07) is 24.3. The fourth-order valence-electron chi connectivity index (χ4n) is 6.92. The van der Waals surface area contributed by atoms with Gasteiger partial charge in [0.2, 0.25) is 0 Å². The second kappa shape index (κ2) is 14.7. The molecule has 2 aromatic heterocycles. The zero-order chi connectivity index (χ0) is 36.3. The fraction of sp³-hybridized carbons (Fsp3) is 0.250. The molecule has 10 nitrogen and oxygen atoms in total. The zero-order valence-corrected chi connectivity index (χ0v) is 28.5. The molecule has 0 aliphatic rings. The summed E-state index contributed by atoms with van der Waals surface area (Å²) in [7, 11) is 0. The molecule has 0 radical (unpaired) electrons. The van der Waals surface area contributed by atoms with E-state index in [1.807, 2.05) is 56.5 Å². The van der Waals surface area contributed by atoms with Crippen LogP contribution in [0.1, 0.15) is 73.2 Å². The van der Waals surface area contributed by atoms with Crippen molar-refractivity contribution in [3.63, 3.8) is 0 Å². The van der Waals surface area contributed by atoms with Gasteiger partial charge in [-0.2, -0.15) is 0 Å². The summed E-state index contributed by atoms with van der Waals surface area (Å²) >= 11 is 0. The Balaban J connectivity index is 0.000000194. The Morgan fingerprint density at radius 3 is 1.58 bits per heavy atom. The SMILES string of the molecule is CC(C)c1c(CC(=O)O)c2c(O)cccc2n1Cc1cccc(O)c1.CC(C)c1c(CC(=O)O)c2cc(O)ccc2n1Cc1cccc(O)c1. The summed E-state index contributed by atoms with van der Waals surface area (Å²) in [5.41, 5.74) is 6.71. The highest BCUT2D eigenvalue weighted by molar-refractivity contribution is 5.94. The molecule has 0 bridgehead atoms. The van der Waals surface area contributed by atoms with E-state index in [9.17, 15) is 40.2 Å². The molecule has 6 N–H and O–H groups in total. The smallest absolute Gasteiger partial charge is 0.307 e. The number of phenols is 4. The van der Waals surface area contributed by atoms with E-state index in [4.69, 9.17) is 0 Å². The van der Waals surface area contributed by atoms with Crippen LogP contribution in [0, 0.1) is 0 Å². The van der Waals surface area contributed by atoms with Crippen molar-refractivity contribution in [3.8, 4) is 23.0 Å². The Kier molecular flexibility index (Phi) is 10.4. The lowest BCUT2D eigenvalue weighted by atomic mass is 10.0. The first-order valence-corrected chi connectivity index (χ1v) is 16.4. The highest BCUT2D eigenvalue weighted by Crippen LogP contribution is 2.38. The molecule has 0 saturated carbocycles. The number of carboxylic acids is 2. The van der Waals surface area contributed by atoms with E-state index in [-0.39, 0.29) is 47.7 Å². The molecule has 0 amide bonds. The number of carbonyl (C=O) groups is 2. The number of nitrogens with zero attached hydrogens (tertiary/aromatic N) is 2. The van der Waals surface area contributed by atoms with Gasteiger partial charge in [0, 0.05) is 40.8 Å². The number of fused-ring (bicyclic) bond motifs is 2. The zero-order valence-electron chi connectivity index (χ0n) is 28.5. The van der Waals surface area contributed by atoms with Crippen LogP contribution in [0.5, 0.6) is 23.0 Å². The van der Waals surface area contributed by atoms with Crippen LogP contribution in [0.15, 0.2) is 84.9 Å². The number of aromatic hydroxyl groups is 4. The van der Waals surface area contributed by atoms with E-state index >= 15 is 0 Å². The summed E-state index contributed by atoms with van der Waals surface area (Å²) in [4.78, 5) is 22.8. The van der Waals surface area contributed by atoms with Gasteiger partial charge in [0.15, 0.2) is 0 Å². The minimum Gasteiger partial charge on any atom is -0.508 e. The van der Waals surface area contributed by atoms with Gasteiger partial charge >= 0.3 is 11.9 Å². The Morgan fingerprint density at radius 2 is 1.06 bits per heavy atom. The van der Waals surface area contributed by atoms with Gasteiger partial charge in [-0.1, -0.05) is 58.0 Å². The first-order chi connectivity index (χ1) is 23.7. The molecular weight excluding hydrogens is 636 g/mol. The largest absolute Gasteiger partial charge is 0.508 e. The van der Waals surface area contributed by atoms with Crippen molar-refractivity contribution in [2.24, 2.45) is 0 Å². The molecule has 4 aromatic carbocycles. The number of phenolic OH excluding ortho intramolecular Hbond substituents is 4. The van der Waals surface area contributed by atoms with Gasteiger partial charge in [-0.15, -0.1) is 0 Å². The van der Waals surface area contributed by atoms with Crippen LogP contribution in [-0.4, -0.2) is 51.7 Å². The van der Waals surface area contributed by atoms with Crippen molar-refractivity contribution in [2.75, 3.05) is 0 Å². The highest BCUT2D eigenvalue weighted by Gasteiger charge is 2.24. The predicted octanol–water partition coefficient (Wildman–Crippen LogP) is 7.70. The van der Waals surface area contributed by atoms with Crippen LogP contribution in [-0.2, 0) is 35.5 Å². The normalized spacial score (nSPS) is 11.3. The lowest BCUT2D eigenvalue weighted by molar-refractivity contribution is -0.137. The maximum atomic E-state index is 11.4. The molecule has 0 fully saturated rings. The summed E-state index contributed by atoms with van der Waals surface area (Å²) in [5, 5.41) is 59.7. The quantitative estimate of drug-likeness (QED) is 0.0858. The third-order valence-electron chi connectivity index (χ3n) is 8.66. The topological polar surface area (TPSA) is 165 Å². The van der Waals surface area contributed by atoms with E-state index in [0.717, 1.165) is 44.5 Å². The van der Waals surface area contributed by atoms with Crippen molar-refractivity contribution in [2.45, 2.75) is 65.5 Å². The number of hydrogen-bond donors (Lipinski definition) is 6. The van der Waals surface area contributed by atoms with Crippen molar-refractivity contribution >= 4 is 33.7 Å². The van der Waals surface area contributed by atoms with Crippen molar-refractivity contribution in [1.29, 1.82) is 0 Å². The molecule has 0 aliphatic heterocycles. The molecule has 2 heterocycles. The third-order valence-corrected chi connectivity index (χ3v) is 8.66. The molecule has 0 spiro atoms. The van der Waals surface area contributed by atoms with E-state index < -0.39 is 11.9 Å². The first-order valence-electron chi connectivity index (χ1n) is 16.4. The van der Waals surface area contributed by atoms with Crippen molar-refractivity contribution in [1.82, 2.24) is 9.13 Å². The summed E-state index contributed by atoms with van der Waals surface area (Å²) in [6.45, 7) is 9.08. The standard InChI is InChI=1S/2C20H21NO4/c1-12(2)20-15(10-18(24)25)19-16(7-4-8-17(19)23)21(20)11-13-5-3-6-14(22)9-13;1-12(2)20-17(10-19(24)25)16-9-15(23)6-7-18(16)21(20)11-13-4-3-5-14(22)8-13/h2*3-9,12,22-23H,10-11H2,1-2H3,(H,24,25). The Labute approximate surface area is 289 Å². The Hall–Kier alpha value is -5.90. The Morgan fingerprint density at radius 1 is 0.580 bits per heavy atom. The summed E-state index contributed by atoms with van der Waals surface area (Å²) in [5.74, 6) is -1.05. The number of rotatable bonds is 10. The Bertz CT molecular complexity index is 2190. The van der Waals surface area contributed by atoms with Crippen LogP contribution in [0.3, 0.4) is 0 Å². The number of aliphatic carboxylic acids is 2. The molecule has 50 heavy (non-hydrogen) atoms. The lowest BCUT2D eigenvalue weighted by Gasteiger charge is -2.15. The fourth-order valence-corrected chi connectivity index (χ4v) is 6.92. The molecule has 0 unspecified atom stereocenters. The summed E-state index contributed by atoms with van der Waals surface area (Å²) in [6.07, 6.45) is -0.241. The van der Waals surface area contributed by atoms with Crippen LogP contribution in [0.25, 0.3) is 21.8 Å². The van der Waals surface area contributed by atoms with Crippen LogP contribution >= 0.6 is 0 Å². The molecule has 6 rings (SSSR count). The maximum Gasteiger partial charge on any atom is 0.307 e. The van der Waals surface area contributed by atoms with Gasteiger partial charge in [0.1, 0.15) is 23.0 Å². The average Bonchev–Trinajstić information content (AvgIpc) is 3.49. The number of carboxylic acid groups (broad SMARTS) is 2. The molecule has 0 aliphatic carbocycles. The minimum absolute atomic E-state index is 0.0819. The average molecular weight is 679 g/mol. The van der Waals surface area contributed by atoms with Gasteiger partial charge in [-0.25, -0.2) is 0 Å². The second-order valence-corrected chi connectivity index (χ2v) is 13.1. The van der Waals surface area contributed by atoms with Crippen LogP contribution in [0.4, 0.5) is 0 Å². The second-order valence-electron chi connectivity index (χ2n) is 13.1. The molecule has 0 saturated heterocycles. The van der Waals surface area contributed by atoms with Gasteiger partial charge in [-0.05, 0) is 88.7 Å². The highest BCUT2D eigenvalue weighted by atomic mass is 16.4. The lowest BCUT2D eigenvalue weighted by Crippen LogP contribution is -2.09. The third kappa shape index (κ3) is 7.54. The maximum absolute atomic E-state index is 11.4. The van der Waals surface area contributed by atoms with Crippen molar-refractivity contribution in [3.05, 3.63) is 119 Å². The molecular formula is C40H42N2O8. The molecule has 10 heteroatoms. The number of aromatic nitrogens is 2. The van der Waals surface area contributed by atoms with E-state index in [1.54, 1.807) is 60.7 Å². The van der Waals surface area contributed by atoms with Crippen LogP contribution in [0.2, 0.25) is 0 Å².